The number of rotatable bonds is 6. The highest BCUT2D eigenvalue weighted by atomic mass is 16.5. The standard InChI is InChI=1S/C18H26N2O/c1-4-13-21-18-7-5-17(6-8-18)15(2)19-14-16-9-11-20(3)12-10-16/h1,5-8,15-16,19H,9-14H2,2-3H3/t15-/m1/s1. The van der Waals surface area contributed by atoms with Crippen LogP contribution in [0.5, 0.6) is 5.75 Å². The van der Waals surface area contributed by atoms with Crippen molar-refractivity contribution >= 4 is 0 Å². The van der Waals surface area contributed by atoms with Gasteiger partial charge in [0.15, 0.2) is 0 Å². The summed E-state index contributed by atoms with van der Waals surface area (Å²) >= 11 is 0. The third kappa shape index (κ3) is 5.08. The molecule has 0 saturated carbocycles. The van der Waals surface area contributed by atoms with Crippen molar-refractivity contribution in [1.82, 2.24) is 10.2 Å². The Morgan fingerprint density at radius 1 is 1.33 bits per heavy atom. The third-order valence-corrected chi connectivity index (χ3v) is 4.25. The summed E-state index contributed by atoms with van der Waals surface area (Å²) in [5, 5.41) is 3.65. The number of nitrogens with zero attached hydrogens (tertiary/aromatic N) is 1. The van der Waals surface area contributed by atoms with E-state index in [1.165, 1.54) is 31.5 Å². The van der Waals surface area contributed by atoms with E-state index >= 15 is 0 Å². The Morgan fingerprint density at radius 2 is 2.00 bits per heavy atom. The maximum Gasteiger partial charge on any atom is 0.148 e. The Kier molecular flexibility index (Phi) is 6.10. The molecule has 0 unspecified atom stereocenters. The summed E-state index contributed by atoms with van der Waals surface area (Å²) < 4.78 is 5.39. The summed E-state index contributed by atoms with van der Waals surface area (Å²) in [6, 6.07) is 8.56. The predicted molar refractivity (Wildman–Crippen MR) is 87.4 cm³/mol. The summed E-state index contributed by atoms with van der Waals surface area (Å²) in [4.78, 5) is 2.41. The van der Waals surface area contributed by atoms with E-state index in [-0.39, 0.29) is 0 Å². The minimum absolute atomic E-state index is 0.323. The van der Waals surface area contributed by atoms with Gasteiger partial charge in [0.1, 0.15) is 12.4 Å². The summed E-state index contributed by atoms with van der Waals surface area (Å²) in [5.74, 6) is 4.12. The highest BCUT2D eigenvalue weighted by Gasteiger charge is 2.17. The largest absolute Gasteiger partial charge is 0.481 e. The lowest BCUT2D eigenvalue weighted by atomic mass is 9.96. The van der Waals surface area contributed by atoms with Crippen LogP contribution < -0.4 is 10.1 Å². The number of nitrogens with one attached hydrogen (secondary N) is 1. The van der Waals surface area contributed by atoms with Crippen molar-refractivity contribution in [2.24, 2.45) is 5.92 Å². The van der Waals surface area contributed by atoms with Crippen LogP contribution in [-0.2, 0) is 0 Å². The van der Waals surface area contributed by atoms with Gasteiger partial charge in [0.05, 0.1) is 0 Å². The van der Waals surface area contributed by atoms with Gasteiger partial charge >= 0.3 is 0 Å². The molecule has 0 bridgehead atoms. The molecule has 1 aromatic rings. The maximum absolute atomic E-state index is 5.39. The molecule has 0 amide bonds. The monoisotopic (exact) mass is 286 g/mol. The first kappa shape index (κ1) is 15.9. The van der Waals surface area contributed by atoms with Crippen LogP contribution in [0.1, 0.15) is 31.4 Å². The first-order chi connectivity index (χ1) is 10.2. The van der Waals surface area contributed by atoms with Gasteiger partial charge in [-0.15, -0.1) is 6.42 Å². The second-order valence-electron chi connectivity index (χ2n) is 5.94. The summed E-state index contributed by atoms with van der Waals surface area (Å²) in [5.41, 5.74) is 1.29. The maximum atomic E-state index is 5.39. The Bertz CT molecular complexity index is 455. The van der Waals surface area contributed by atoms with Gasteiger partial charge in [-0.3, -0.25) is 0 Å². The molecular weight excluding hydrogens is 260 g/mol. The van der Waals surface area contributed by atoms with Crippen LogP contribution in [0.3, 0.4) is 0 Å². The van der Waals surface area contributed by atoms with E-state index in [2.05, 4.69) is 42.2 Å². The average molecular weight is 286 g/mol. The van der Waals surface area contributed by atoms with Crippen molar-refractivity contribution in [3.8, 4) is 18.1 Å². The van der Waals surface area contributed by atoms with Gasteiger partial charge in [-0.1, -0.05) is 18.1 Å². The molecule has 1 fully saturated rings. The molecule has 1 aliphatic rings. The van der Waals surface area contributed by atoms with Crippen LogP contribution in [0.2, 0.25) is 0 Å². The van der Waals surface area contributed by atoms with Gasteiger partial charge in [-0.2, -0.15) is 0 Å². The number of benzene rings is 1. The van der Waals surface area contributed by atoms with Gasteiger partial charge in [-0.05, 0) is 70.1 Å². The first-order valence-electron chi connectivity index (χ1n) is 7.77. The molecule has 0 aliphatic carbocycles. The molecule has 1 saturated heterocycles. The fourth-order valence-electron chi connectivity index (χ4n) is 2.71. The molecule has 0 spiro atoms. The molecule has 3 nitrogen and oxygen atoms in total. The van der Waals surface area contributed by atoms with Gasteiger partial charge < -0.3 is 15.0 Å². The molecule has 1 N–H and O–H groups in total. The minimum Gasteiger partial charge on any atom is -0.481 e. The number of likely N-dealkylation sites (tertiary alicyclic amines) is 1. The molecular formula is C18H26N2O. The molecule has 0 radical (unpaired) electrons. The Morgan fingerprint density at radius 3 is 2.62 bits per heavy atom. The summed E-state index contributed by atoms with van der Waals surface area (Å²) in [6.07, 6.45) is 7.79. The Hall–Kier alpha value is -1.50. The second-order valence-corrected chi connectivity index (χ2v) is 5.94. The topological polar surface area (TPSA) is 24.5 Å². The SMILES string of the molecule is C#CCOc1ccc([C@@H](C)NCC2CCN(C)CC2)cc1. The summed E-state index contributed by atoms with van der Waals surface area (Å²) in [7, 11) is 2.20. The number of ether oxygens (including phenoxy) is 1. The quantitative estimate of drug-likeness (QED) is 0.814. The lowest BCUT2D eigenvalue weighted by Crippen LogP contribution is -2.35. The van der Waals surface area contributed by atoms with Crippen molar-refractivity contribution in [1.29, 1.82) is 0 Å². The number of piperidine rings is 1. The van der Waals surface area contributed by atoms with E-state index in [9.17, 15) is 0 Å². The normalized spacial score (nSPS) is 18.1. The number of terminal acetylenes is 1. The predicted octanol–water partition coefficient (Wildman–Crippen LogP) is 2.69. The van der Waals surface area contributed by atoms with E-state index in [0.717, 1.165) is 18.2 Å². The molecule has 1 aromatic carbocycles. The van der Waals surface area contributed by atoms with E-state index in [1.54, 1.807) is 0 Å². The molecule has 0 aromatic heterocycles. The van der Waals surface area contributed by atoms with E-state index in [1.807, 2.05) is 12.1 Å². The van der Waals surface area contributed by atoms with Gasteiger partial charge in [0, 0.05) is 6.04 Å². The fraction of sp³-hybridized carbons (Fsp3) is 0.556. The van der Waals surface area contributed by atoms with E-state index in [0.29, 0.717) is 12.6 Å². The zero-order valence-electron chi connectivity index (χ0n) is 13.1. The molecule has 1 atom stereocenters. The molecule has 1 heterocycles. The highest BCUT2D eigenvalue weighted by molar-refractivity contribution is 5.29. The van der Waals surface area contributed by atoms with Crippen molar-refractivity contribution in [3.05, 3.63) is 29.8 Å². The Labute approximate surface area is 128 Å². The van der Waals surface area contributed by atoms with Crippen LogP contribution in [0.25, 0.3) is 0 Å². The third-order valence-electron chi connectivity index (χ3n) is 4.25. The molecule has 114 valence electrons. The highest BCUT2D eigenvalue weighted by Crippen LogP contribution is 2.20. The average Bonchev–Trinajstić information content (AvgIpc) is 2.52. The zero-order chi connectivity index (χ0) is 15.1. The first-order valence-corrected chi connectivity index (χ1v) is 7.77. The van der Waals surface area contributed by atoms with Crippen LogP contribution in [-0.4, -0.2) is 38.2 Å². The van der Waals surface area contributed by atoms with Gasteiger partial charge in [-0.25, -0.2) is 0 Å². The van der Waals surface area contributed by atoms with Crippen molar-refractivity contribution in [2.75, 3.05) is 33.3 Å². The smallest absolute Gasteiger partial charge is 0.148 e. The van der Waals surface area contributed by atoms with Crippen molar-refractivity contribution in [2.45, 2.75) is 25.8 Å². The number of hydrogen-bond acceptors (Lipinski definition) is 3. The van der Waals surface area contributed by atoms with Crippen LogP contribution in [0.15, 0.2) is 24.3 Å². The van der Waals surface area contributed by atoms with Crippen LogP contribution in [0.4, 0.5) is 0 Å². The molecule has 1 aliphatic heterocycles. The second kappa shape index (κ2) is 8.07. The summed E-state index contributed by atoms with van der Waals surface area (Å²) in [6.45, 7) is 6.09. The number of hydrogen-bond donors (Lipinski definition) is 1. The van der Waals surface area contributed by atoms with Gasteiger partial charge in [0.25, 0.3) is 0 Å². The van der Waals surface area contributed by atoms with Crippen LogP contribution >= 0.6 is 0 Å². The zero-order valence-corrected chi connectivity index (χ0v) is 13.1. The Balaban J connectivity index is 1.77. The lowest BCUT2D eigenvalue weighted by molar-refractivity contribution is 0.213. The van der Waals surface area contributed by atoms with Crippen molar-refractivity contribution in [3.63, 3.8) is 0 Å². The molecule has 2 rings (SSSR count). The lowest BCUT2D eigenvalue weighted by Gasteiger charge is -2.30. The fourth-order valence-corrected chi connectivity index (χ4v) is 2.71. The van der Waals surface area contributed by atoms with E-state index < -0.39 is 0 Å². The van der Waals surface area contributed by atoms with E-state index in [4.69, 9.17) is 11.2 Å². The van der Waals surface area contributed by atoms with Crippen LogP contribution in [0, 0.1) is 18.3 Å². The molecule has 3 heteroatoms. The molecule has 21 heavy (non-hydrogen) atoms. The van der Waals surface area contributed by atoms with Gasteiger partial charge in [0.2, 0.25) is 0 Å². The minimum atomic E-state index is 0.323. The van der Waals surface area contributed by atoms with Crippen molar-refractivity contribution < 1.29 is 4.74 Å².